The van der Waals surface area contributed by atoms with Crippen molar-refractivity contribution in [3.8, 4) is 5.75 Å². The quantitative estimate of drug-likeness (QED) is 0.658. The van der Waals surface area contributed by atoms with Crippen molar-refractivity contribution in [2.75, 3.05) is 20.7 Å². The zero-order valence-electron chi connectivity index (χ0n) is 14.4. The van der Waals surface area contributed by atoms with E-state index in [0.717, 1.165) is 18.3 Å². The highest BCUT2D eigenvalue weighted by molar-refractivity contribution is 5.79. The number of ether oxygens (including phenoxy) is 1. The van der Waals surface area contributed by atoms with E-state index < -0.39 is 0 Å². The van der Waals surface area contributed by atoms with Crippen LogP contribution in [0.4, 0.5) is 0 Å². The monoisotopic (exact) mass is 314 g/mol. The van der Waals surface area contributed by atoms with Gasteiger partial charge in [0.25, 0.3) is 0 Å². The van der Waals surface area contributed by atoms with Crippen LogP contribution in [-0.4, -0.2) is 36.1 Å². The van der Waals surface area contributed by atoms with E-state index in [-0.39, 0.29) is 0 Å². The first kappa shape index (κ1) is 16.9. The van der Waals surface area contributed by atoms with Crippen LogP contribution in [0.25, 0.3) is 0 Å². The fourth-order valence-electron chi connectivity index (χ4n) is 2.46. The molecule has 0 fully saturated rings. The van der Waals surface area contributed by atoms with Crippen LogP contribution < -0.4 is 10.1 Å². The van der Waals surface area contributed by atoms with Crippen LogP contribution in [0, 0.1) is 0 Å². The van der Waals surface area contributed by atoms with Gasteiger partial charge in [0, 0.05) is 39.6 Å². The maximum absolute atomic E-state index is 5.54. The summed E-state index contributed by atoms with van der Waals surface area (Å²) in [5, 5.41) is 3.40. The van der Waals surface area contributed by atoms with Crippen molar-refractivity contribution < 1.29 is 4.74 Å². The molecule has 23 heavy (non-hydrogen) atoms. The number of aliphatic imine (C=N–C) groups is 1. The van der Waals surface area contributed by atoms with Gasteiger partial charge in [-0.2, -0.15) is 0 Å². The van der Waals surface area contributed by atoms with Gasteiger partial charge in [0.1, 0.15) is 5.75 Å². The lowest BCUT2D eigenvalue weighted by Crippen LogP contribution is -2.38. The van der Waals surface area contributed by atoms with Gasteiger partial charge in [0.2, 0.25) is 0 Å². The Morgan fingerprint density at radius 2 is 2.13 bits per heavy atom. The highest BCUT2D eigenvalue weighted by Crippen LogP contribution is 2.13. The van der Waals surface area contributed by atoms with Crippen LogP contribution in [0.15, 0.2) is 47.6 Å². The Labute approximate surface area is 138 Å². The molecule has 0 aliphatic heterocycles. The Kier molecular flexibility index (Phi) is 6.09. The molecule has 1 aromatic heterocycles. The molecule has 0 saturated carbocycles. The lowest BCUT2D eigenvalue weighted by Gasteiger charge is -2.22. The van der Waals surface area contributed by atoms with Crippen LogP contribution >= 0.6 is 0 Å². The standard InChI is InChI=1S/C18H26N4O/c1-5-23-17-10-6-8-15(12-17)13-20-18(19-2)22(4)14-16-9-7-11-21(16)3/h6-12H,5,13-14H2,1-4H3,(H,19,20). The number of hydrogen-bond acceptors (Lipinski definition) is 2. The third kappa shape index (κ3) is 4.77. The van der Waals surface area contributed by atoms with E-state index in [1.54, 1.807) is 7.05 Å². The molecular weight excluding hydrogens is 288 g/mol. The normalized spacial score (nSPS) is 11.4. The van der Waals surface area contributed by atoms with Gasteiger partial charge in [-0.1, -0.05) is 12.1 Å². The summed E-state index contributed by atoms with van der Waals surface area (Å²) < 4.78 is 7.66. The van der Waals surface area contributed by atoms with Crippen molar-refractivity contribution in [2.24, 2.45) is 12.0 Å². The van der Waals surface area contributed by atoms with Gasteiger partial charge in [-0.15, -0.1) is 0 Å². The molecule has 2 rings (SSSR count). The summed E-state index contributed by atoms with van der Waals surface area (Å²) in [4.78, 5) is 6.48. The predicted octanol–water partition coefficient (Wildman–Crippen LogP) is 2.63. The van der Waals surface area contributed by atoms with E-state index in [4.69, 9.17) is 4.74 Å². The van der Waals surface area contributed by atoms with Gasteiger partial charge >= 0.3 is 0 Å². The number of nitrogens with one attached hydrogen (secondary N) is 1. The Balaban J connectivity index is 1.94. The molecule has 0 bridgehead atoms. The molecule has 124 valence electrons. The second-order valence-corrected chi connectivity index (χ2v) is 5.45. The van der Waals surface area contributed by atoms with Crippen molar-refractivity contribution in [3.63, 3.8) is 0 Å². The van der Waals surface area contributed by atoms with E-state index in [2.05, 4.69) is 57.3 Å². The molecule has 0 atom stereocenters. The first-order valence-corrected chi connectivity index (χ1v) is 7.87. The Bertz CT molecular complexity index is 648. The molecule has 2 aromatic rings. The smallest absolute Gasteiger partial charge is 0.194 e. The maximum atomic E-state index is 5.54. The summed E-state index contributed by atoms with van der Waals surface area (Å²) >= 11 is 0. The SMILES string of the molecule is CCOc1cccc(CNC(=NC)N(C)Cc2cccn2C)c1. The summed E-state index contributed by atoms with van der Waals surface area (Å²) in [6, 6.07) is 12.3. The lowest BCUT2D eigenvalue weighted by molar-refractivity contribution is 0.340. The average Bonchev–Trinajstić information content (AvgIpc) is 2.94. The molecule has 1 heterocycles. The molecule has 1 N–H and O–H groups in total. The van der Waals surface area contributed by atoms with Crippen molar-refractivity contribution in [1.82, 2.24) is 14.8 Å². The minimum atomic E-state index is 0.679. The van der Waals surface area contributed by atoms with Crippen molar-refractivity contribution >= 4 is 5.96 Å². The number of hydrogen-bond donors (Lipinski definition) is 1. The highest BCUT2D eigenvalue weighted by Gasteiger charge is 2.08. The maximum Gasteiger partial charge on any atom is 0.194 e. The molecule has 0 unspecified atom stereocenters. The second kappa shape index (κ2) is 8.27. The Hall–Kier alpha value is -2.43. The molecule has 5 nitrogen and oxygen atoms in total. The molecule has 5 heteroatoms. The van der Waals surface area contributed by atoms with Gasteiger partial charge in [0.05, 0.1) is 13.2 Å². The molecule has 0 radical (unpaired) electrons. The summed E-state index contributed by atoms with van der Waals surface area (Å²) in [7, 11) is 5.90. The van der Waals surface area contributed by atoms with E-state index in [1.165, 1.54) is 11.3 Å². The van der Waals surface area contributed by atoms with Gasteiger partial charge < -0.3 is 19.5 Å². The molecular formula is C18H26N4O. The number of aromatic nitrogens is 1. The fraction of sp³-hybridized carbons (Fsp3) is 0.389. The van der Waals surface area contributed by atoms with Crippen molar-refractivity contribution in [2.45, 2.75) is 20.0 Å². The topological polar surface area (TPSA) is 41.8 Å². The fourth-order valence-corrected chi connectivity index (χ4v) is 2.46. The summed E-state index contributed by atoms with van der Waals surface area (Å²) in [6.45, 7) is 4.19. The molecule has 0 aliphatic rings. The van der Waals surface area contributed by atoms with E-state index in [0.29, 0.717) is 13.2 Å². The molecule has 0 amide bonds. The van der Waals surface area contributed by atoms with E-state index >= 15 is 0 Å². The second-order valence-electron chi connectivity index (χ2n) is 5.45. The van der Waals surface area contributed by atoms with Crippen LogP contribution in [0.1, 0.15) is 18.2 Å². The van der Waals surface area contributed by atoms with Crippen molar-refractivity contribution in [1.29, 1.82) is 0 Å². The van der Waals surface area contributed by atoms with Gasteiger partial charge in [-0.25, -0.2) is 0 Å². The van der Waals surface area contributed by atoms with Crippen LogP contribution in [0.5, 0.6) is 5.75 Å². The van der Waals surface area contributed by atoms with Crippen LogP contribution in [-0.2, 0) is 20.1 Å². The van der Waals surface area contributed by atoms with Crippen LogP contribution in [0.3, 0.4) is 0 Å². The third-order valence-corrected chi connectivity index (χ3v) is 3.68. The van der Waals surface area contributed by atoms with Crippen molar-refractivity contribution in [3.05, 3.63) is 53.9 Å². The minimum absolute atomic E-state index is 0.679. The lowest BCUT2D eigenvalue weighted by atomic mass is 10.2. The Morgan fingerprint density at radius 3 is 2.78 bits per heavy atom. The largest absolute Gasteiger partial charge is 0.494 e. The average molecular weight is 314 g/mol. The van der Waals surface area contributed by atoms with E-state index in [9.17, 15) is 0 Å². The summed E-state index contributed by atoms with van der Waals surface area (Å²) in [5.41, 5.74) is 2.41. The number of aryl methyl sites for hydroxylation is 1. The highest BCUT2D eigenvalue weighted by atomic mass is 16.5. The minimum Gasteiger partial charge on any atom is -0.494 e. The van der Waals surface area contributed by atoms with Gasteiger partial charge in [0.15, 0.2) is 5.96 Å². The number of nitrogens with zero attached hydrogens (tertiary/aromatic N) is 3. The predicted molar refractivity (Wildman–Crippen MR) is 94.7 cm³/mol. The summed E-state index contributed by atoms with van der Waals surface area (Å²) in [5.74, 6) is 1.77. The zero-order chi connectivity index (χ0) is 16.7. The van der Waals surface area contributed by atoms with Crippen LogP contribution in [0.2, 0.25) is 0 Å². The first-order chi connectivity index (χ1) is 11.1. The van der Waals surface area contributed by atoms with Gasteiger partial charge in [-0.05, 0) is 36.8 Å². The number of rotatable bonds is 6. The number of benzene rings is 1. The third-order valence-electron chi connectivity index (χ3n) is 3.68. The summed E-state index contributed by atoms with van der Waals surface area (Å²) in [6.07, 6.45) is 2.05. The zero-order valence-corrected chi connectivity index (χ0v) is 14.4. The van der Waals surface area contributed by atoms with Gasteiger partial charge in [-0.3, -0.25) is 4.99 Å². The molecule has 0 aliphatic carbocycles. The number of guanidine groups is 1. The van der Waals surface area contributed by atoms with E-state index in [1.807, 2.05) is 26.1 Å². The molecule has 0 spiro atoms. The molecule has 1 aromatic carbocycles. The Morgan fingerprint density at radius 1 is 1.30 bits per heavy atom. The molecule has 0 saturated heterocycles. The first-order valence-electron chi connectivity index (χ1n) is 7.87.